The SMILES string of the molecule is c1ccc(C2(c3ccccc3)c3ccccc3-c3ccc(-c4ccc(N(c5ccc(-c6cc7ccccc7c7ccccc67)cc5)c5cccc(-c6cccc7ccccc67)c5)cc4)cc32)cc1. The summed E-state index contributed by atoms with van der Waals surface area (Å²) in [6, 6.07) is 101. The van der Waals surface area contributed by atoms with Crippen molar-refractivity contribution in [3.05, 3.63) is 295 Å². The van der Waals surface area contributed by atoms with E-state index in [0.717, 1.165) is 17.1 Å². The van der Waals surface area contributed by atoms with E-state index in [1.54, 1.807) is 0 Å². The summed E-state index contributed by atoms with van der Waals surface area (Å²) in [6.45, 7) is 0. The van der Waals surface area contributed by atoms with E-state index in [-0.39, 0.29) is 0 Å². The van der Waals surface area contributed by atoms with E-state index < -0.39 is 5.41 Å². The van der Waals surface area contributed by atoms with E-state index in [9.17, 15) is 0 Å². The molecule has 1 heteroatoms. The molecule has 0 saturated carbocycles. The fraction of sp³-hybridized carbons (Fsp3) is 0.0149. The molecule has 0 aromatic heterocycles. The summed E-state index contributed by atoms with van der Waals surface area (Å²) in [6.07, 6.45) is 0. The van der Waals surface area contributed by atoms with Gasteiger partial charge in [0.2, 0.25) is 0 Å². The zero-order valence-corrected chi connectivity index (χ0v) is 37.4. The smallest absolute Gasteiger partial charge is 0.0713 e. The van der Waals surface area contributed by atoms with Gasteiger partial charge >= 0.3 is 0 Å². The number of fused-ring (bicyclic) bond motifs is 7. The van der Waals surface area contributed by atoms with Crippen molar-refractivity contribution in [2.24, 2.45) is 0 Å². The van der Waals surface area contributed by atoms with E-state index in [4.69, 9.17) is 0 Å². The standard InChI is InChI=1S/C67H45N/c1-3-21-52(22-4-1)67(53-23-5-2-6-24-53)65-32-14-13-30-62(65)63-42-37-49(45-66(63)67)46-33-38-54(39-34-46)68(56-25-15-20-50(43-56)58-31-16-19-47-17-7-9-26-57(47)58)55-40-35-48(36-41-55)64-44-51-18-8-10-27-59(51)60-28-11-12-29-61(60)64/h1-45H. The summed E-state index contributed by atoms with van der Waals surface area (Å²) >= 11 is 0. The minimum atomic E-state index is -0.457. The summed E-state index contributed by atoms with van der Waals surface area (Å²) in [4.78, 5) is 2.40. The Kier molecular flexibility index (Phi) is 9.47. The largest absolute Gasteiger partial charge is 0.310 e. The third kappa shape index (κ3) is 6.39. The summed E-state index contributed by atoms with van der Waals surface area (Å²) < 4.78 is 0. The summed E-state index contributed by atoms with van der Waals surface area (Å²) in [5.74, 6) is 0. The van der Waals surface area contributed by atoms with Gasteiger partial charge < -0.3 is 4.90 Å². The Morgan fingerprint density at radius 2 is 0.765 bits per heavy atom. The molecule has 318 valence electrons. The molecule has 1 nitrogen and oxygen atoms in total. The topological polar surface area (TPSA) is 3.24 Å². The van der Waals surface area contributed by atoms with Crippen LogP contribution in [0.15, 0.2) is 273 Å². The van der Waals surface area contributed by atoms with E-state index >= 15 is 0 Å². The van der Waals surface area contributed by atoms with Crippen LogP contribution in [0.1, 0.15) is 22.3 Å². The number of benzene rings is 12. The molecule has 0 amide bonds. The highest BCUT2D eigenvalue weighted by Gasteiger charge is 2.46. The Hall–Kier alpha value is -8.78. The lowest BCUT2D eigenvalue weighted by Gasteiger charge is -2.34. The van der Waals surface area contributed by atoms with Crippen LogP contribution < -0.4 is 4.90 Å². The van der Waals surface area contributed by atoms with Crippen LogP contribution in [0.25, 0.3) is 76.8 Å². The Morgan fingerprint density at radius 3 is 1.50 bits per heavy atom. The number of rotatable bonds is 8. The molecule has 0 atom stereocenters. The van der Waals surface area contributed by atoms with Gasteiger partial charge in [-0.2, -0.15) is 0 Å². The maximum absolute atomic E-state index is 2.45. The van der Waals surface area contributed by atoms with Crippen molar-refractivity contribution in [3.8, 4) is 44.5 Å². The Morgan fingerprint density at radius 1 is 0.235 bits per heavy atom. The first-order valence-corrected chi connectivity index (χ1v) is 23.6. The number of hydrogen-bond acceptors (Lipinski definition) is 1. The summed E-state index contributed by atoms with van der Waals surface area (Å²) in [7, 11) is 0. The molecule has 1 aliphatic rings. The van der Waals surface area contributed by atoms with E-state index in [1.165, 1.54) is 99.1 Å². The first-order chi connectivity index (χ1) is 33.7. The molecule has 0 spiro atoms. The number of nitrogens with zero attached hydrogens (tertiary/aromatic N) is 1. The summed E-state index contributed by atoms with van der Waals surface area (Å²) in [5, 5.41) is 7.54. The maximum atomic E-state index is 2.45. The third-order valence-corrected chi connectivity index (χ3v) is 14.3. The normalized spacial score (nSPS) is 12.5. The van der Waals surface area contributed by atoms with Gasteiger partial charge in [-0.3, -0.25) is 0 Å². The highest BCUT2D eigenvalue weighted by atomic mass is 15.1. The zero-order chi connectivity index (χ0) is 45.0. The van der Waals surface area contributed by atoms with Crippen molar-refractivity contribution in [2.45, 2.75) is 5.41 Å². The number of anilines is 3. The lowest BCUT2D eigenvalue weighted by molar-refractivity contribution is 0.769. The molecule has 0 bridgehead atoms. The minimum Gasteiger partial charge on any atom is -0.310 e. The summed E-state index contributed by atoms with van der Waals surface area (Å²) in [5.41, 5.74) is 17.8. The van der Waals surface area contributed by atoms with Crippen LogP contribution in [-0.2, 0) is 5.41 Å². The number of hydrogen-bond donors (Lipinski definition) is 0. The second-order valence-corrected chi connectivity index (χ2v) is 18.0. The fourth-order valence-electron chi connectivity index (χ4n) is 11.2. The Balaban J connectivity index is 0.938. The monoisotopic (exact) mass is 863 g/mol. The average molecular weight is 864 g/mol. The zero-order valence-electron chi connectivity index (χ0n) is 37.4. The molecule has 0 fully saturated rings. The van der Waals surface area contributed by atoms with Crippen molar-refractivity contribution in [1.82, 2.24) is 0 Å². The molecule has 0 aliphatic heterocycles. The van der Waals surface area contributed by atoms with E-state index in [1.807, 2.05) is 0 Å². The van der Waals surface area contributed by atoms with Crippen molar-refractivity contribution in [1.29, 1.82) is 0 Å². The van der Waals surface area contributed by atoms with Crippen LogP contribution in [0.3, 0.4) is 0 Å². The average Bonchev–Trinajstić information content (AvgIpc) is 3.72. The predicted molar refractivity (Wildman–Crippen MR) is 287 cm³/mol. The van der Waals surface area contributed by atoms with Crippen molar-refractivity contribution in [2.75, 3.05) is 4.90 Å². The van der Waals surface area contributed by atoms with Gasteiger partial charge in [0.1, 0.15) is 0 Å². The van der Waals surface area contributed by atoms with Crippen LogP contribution in [-0.4, -0.2) is 0 Å². The molecular weight excluding hydrogens is 819 g/mol. The second kappa shape index (κ2) is 16.3. The third-order valence-electron chi connectivity index (χ3n) is 14.3. The Labute approximate surface area is 397 Å². The molecule has 0 N–H and O–H groups in total. The lowest BCUT2D eigenvalue weighted by atomic mass is 9.67. The van der Waals surface area contributed by atoms with E-state index in [0.29, 0.717) is 0 Å². The lowest BCUT2D eigenvalue weighted by Crippen LogP contribution is -2.28. The molecule has 0 heterocycles. The van der Waals surface area contributed by atoms with E-state index in [2.05, 4.69) is 278 Å². The van der Waals surface area contributed by atoms with Crippen LogP contribution in [0.2, 0.25) is 0 Å². The molecular formula is C67H45N. The fourth-order valence-corrected chi connectivity index (χ4v) is 11.2. The molecule has 68 heavy (non-hydrogen) atoms. The Bertz CT molecular complexity index is 3790. The molecule has 1 aliphatic carbocycles. The molecule has 0 unspecified atom stereocenters. The molecule has 12 aromatic carbocycles. The first kappa shape index (κ1) is 39.6. The molecule has 0 radical (unpaired) electrons. The second-order valence-electron chi connectivity index (χ2n) is 18.0. The van der Waals surface area contributed by atoms with Gasteiger partial charge in [0, 0.05) is 17.1 Å². The predicted octanol–water partition coefficient (Wildman–Crippen LogP) is 18.0. The molecule has 12 aromatic rings. The first-order valence-electron chi connectivity index (χ1n) is 23.6. The highest BCUT2D eigenvalue weighted by molar-refractivity contribution is 6.13. The molecule has 0 saturated heterocycles. The van der Waals surface area contributed by atoms with Gasteiger partial charge in [0.15, 0.2) is 0 Å². The van der Waals surface area contributed by atoms with Gasteiger partial charge in [0.25, 0.3) is 0 Å². The van der Waals surface area contributed by atoms with Crippen molar-refractivity contribution in [3.63, 3.8) is 0 Å². The van der Waals surface area contributed by atoms with Gasteiger partial charge in [-0.05, 0) is 148 Å². The maximum Gasteiger partial charge on any atom is 0.0713 e. The van der Waals surface area contributed by atoms with Crippen LogP contribution in [0, 0.1) is 0 Å². The van der Waals surface area contributed by atoms with Crippen LogP contribution in [0.5, 0.6) is 0 Å². The molecule has 13 rings (SSSR count). The van der Waals surface area contributed by atoms with Crippen LogP contribution >= 0.6 is 0 Å². The van der Waals surface area contributed by atoms with Gasteiger partial charge in [-0.1, -0.05) is 224 Å². The van der Waals surface area contributed by atoms with Crippen molar-refractivity contribution >= 4 is 49.4 Å². The minimum absolute atomic E-state index is 0.457. The van der Waals surface area contributed by atoms with Crippen molar-refractivity contribution < 1.29 is 0 Å². The van der Waals surface area contributed by atoms with Gasteiger partial charge in [0.05, 0.1) is 5.41 Å². The quantitative estimate of drug-likeness (QED) is 0.138. The van der Waals surface area contributed by atoms with Gasteiger partial charge in [-0.15, -0.1) is 0 Å². The van der Waals surface area contributed by atoms with Crippen LogP contribution in [0.4, 0.5) is 17.1 Å². The highest BCUT2D eigenvalue weighted by Crippen LogP contribution is 2.57. The van der Waals surface area contributed by atoms with Gasteiger partial charge in [-0.25, -0.2) is 0 Å².